The summed E-state index contributed by atoms with van der Waals surface area (Å²) >= 11 is 0. The van der Waals surface area contributed by atoms with Crippen molar-refractivity contribution in [3.05, 3.63) is 29.6 Å². The van der Waals surface area contributed by atoms with Crippen LogP contribution in [0, 0.1) is 13.0 Å². The van der Waals surface area contributed by atoms with E-state index in [-0.39, 0.29) is 0 Å². The predicted molar refractivity (Wildman–Crippen MR) is 45.2 cm³/mol. The van der Waals surface area contributed by atoms with Gasteiger partial charge in [0.25, 0.3) is 0 Å². The molecule has 1 radical (unpaired) electrons. The molecule has 0 saturated heterocycles. The van der Waals surface area contributed by atoms with Crippen LogP contribution in [0.1, 0.15) is 11.4 Å². The van der Waals surface area contributed by atoms with Crippen LogP contribution in [0.25, 0.3) is 0 Å². The summed E-state index contributed by atoms with van der Waals surface area (Å²) in [5.74, 6) is 0. The van der Waals surface area contributed by atoms with Gasteiger partial charge in [0.2, 0.25) is 0 Å². The van der Waals surface area contributed by atoms with E-state index in [0.29, 0.717) is 0 Å². The van der Waals surface area contributed by atoms with Gasteiger partial charge < -0.3 is 4.90 Å². The molecule has 1 aromatic heterocycles. The third kappa shape index (κ3) is 2.68. The molecule has 0 bridgehead atoms. The average molecular weight is 149 g/mol. The molecule has 1 heterocycles. The van der Waals surface area contributed by atoms with Crippen LogP contribution in [-0.2, 0) is 6.54 Å². The molecule has 1 rings (SSSR count). The Balaban J connectivity index is 2.71. The minimum Gasteiger partial charge on any atom is -0.304 e. The fourth-order valence-corrected chi connectivity index (χ4v) is 0.955. The van der Waals surface area contributed by atoms with Crippen molar-refractivity contribution in [1.82, 2.24) is 9.88 Å². The first kappa shape index (κ1) is 8.21. The molecule has 0 aromatic carbocycles. The summed E-state index contributed by atoms with van der Waals surface area (Å²) in [5.41, 5.74) is 2.11. The van der Waals surface area contributed by atoms with Gasteiger partial charge in [0.15, 0.2) is 0 Å². The lowest BCUT2D eigenvalue weighted by Gasteiger charge is -2.08. The molecule has 0 fully saturated rings. The van der Waals surface area contributed by atoms with Gasteiger partial charge in [-0.1, -0.05) is 0 Å². The molecule has 2 nitrogen and oxygen atoms in total. The largest absolute Gasteiger partial charge is 0.304 e. The summed E-state index contributed by atoms with van der Waals surface area (Å²) in [6.45, 7) is 2.87. The Morgan fingerprint density at radius 2 is 2.18 bits per heavy atom. The average Bonchev–Trinajstić information content (AvgIpc) is 1.85. The highest BCUT2D eigenvalue weighted by Gasteiger charge is 1.95. The maximum atomic E-state index is 4.34. The van der Waals surface area contributed by atoms with Crippen LogP contribution in [0.3, 0.4) is 0 Å². The van der Waals surface area contributed by atoms with Crippen molar-refractivity contribution in [2.45, 2.75) is 13.5 Å². The lowest BCUT2D eigenvalue weighted by Crippen LogP contribution is -2.11. The highest BCUT2D eigenvalue weighted by Crippen LogP contribution is 1.98. The number of nitrogens with zero attached hydrogens (tertiary/aromatic N) is 2. The zero-order valence-electron chi connectivity index (χ0n) is 7.26. The molecule has 0 N–H and O–H groups in total. The first-order chi connectivity index (χ1) is 5.18. The fraction of sp³-hybridized carbons (Fsp3) is 0.444. The van der Waals surface area contributed by atoms with E-state index in [1.807, 2.05) is 33.2 Å². The Hall–Kier alpha value is -0.890. The summed E-state index contributed by atoms with van der Waals surface area (Å²) in [6, 6.07) is 6.86. The van der Waals surface area contributed by atoms with E-state index in [9.17, 15) is 0 Å². The number of pyridine rings is 1. The van der Waals surface area contributed by atoms with E-state index in [1.54, 1.807) is 0 Å². The van der Waals surface area contributed by atoms with Gasteiger partial charge in [-0.25, -0.2) is 0 Å². The minimum absolute atomic E-state index is 0.887. The molecule has 0 aliphatic carbocycles. The van der Waals surface area contributed by atoms with Crippen molar-refractivity contribution in [1.29, 1.82) is 0 Å². The number of rotatable bonds is 2. The van der Waals surface area contributed by atoms with Gasteiger partial charge in [-0.2, -0.15) is 0 Å². The minimum atomic E-state index is 0.887. The van der Waals surface area contributed by atoms with Gasteiger partial charge >= 0.3 is 0 Å². The number of aromatic nitrogens is 1. The highest BCUT2D eigenvalue weighted by atomic mass is 15.1. The lowest BCUT2D eigenvalue weighted by molar-refractivity contribution is 0.396. The molecule has 0 amide bonds. The summed E-state index contributed by atoms with van der Waals surface area (Å²) < 4.78 is 0. The van der Waals surface area contributed by atoms with Crippen LogP contribution >= 0.6 is 0 Å². The van der Waals surface area contributed by atoms with Crippen LogP contribution in [0.5, 0.6) is 0 Å². The van der Waals surface area contributed by atoms with Gasteiger partial charge in [-0.3, -0.25) is 4.98 Å². The van der Waals surface area contributed by atoms with E-state index < -0.39 is 0 Å². The first-order valence-electron chi connectivity index (χ1n) is 3.67. The molecule has 0 aliphatic rings. The summed E-state index contributed by atoms with van der Waals surface area (Å²) in [4.78, 5) is 6.43. The molecule has 0 atom stereocenters. The summed E-state index contributed by atoms with van der Waals surface area (Å²) in [6.07, 6.45) is 0. The van der Waals surface area contributed by atoms with Crippen LogP contribution in [0.15, 0.2) is 12.1 Å². The molecule has 0 unspecified atom stereocenters. The normalized spacial score (nSPS) is 10.5. The second-order valence-corrected chi connectivity index (χ2v) is 2.94. The fourth-order valence-electron chi connectivity index (χ4n) is 0.955. The Labute approximate surface area is 67.9 Å². The first-order valence-corrected chi connectivity index (χ1v) is 3.67. The Kier molecular flexibility index (Phi) is 2.60. The van der Waals surface area contributed by atoms with Crippen molar-refractivity contribution in [2.75, 3.05) is 14.1 Å². The Bertz CT molecular complexity index is 231. The smallest absolute Gasteiger partial charge is 0.0553 e. The van der Waals surface area contributed by atoms with Crippen molar-refractivity contribution >= 4 is 0 Å². The summed E-state index contributed by atoms with van der Waals surface area (Å²) in [7, 11) is 4.06. The maximum Gasteiger partial charge on any atom is 0.0553 e. The zero-order chi connectivity index (χ0) is 8.27. The Morgan fingerprint density at radius 1 is 1.45 bits per heavy atom. The van der Waals surface area contributed by atoms with Crippen molar-refractivity contribution in [3.8, 4) is 0 Å². The molecule has 59 valence electrons. The monoisotopic (exact) mass is 149 g/mol. The van der Waals surface area contributed by atoms with Gasteiger partial charge in [0, 0.05) is 12.2 Å². The highest BCUT2D eigenvalue weighted by molar-refractivity contribution is 5.08. The predicted octanol–water partition coefficient (Wildman–Crippen LogP) is 1.25. The van der Waals surface area contributed by atoms with E-state index in [1.165, 1.54) is 0 Å². The van der Waals surface area contributed by atoms with Gasteiger partial charge in [-0.05, 0) is 39.2 Å². The third-order valence-electron chi connectivity index (χ3n) is 1.34. The molecule has 2 heteroatoms. The SMILES string of the molecule is Cc1c[c]cc(CN(C)C)n1. The van der Waals surface area contributed by atoms with Crippen molar-refractivity contribution < 1.29 is 0 Å². The number of aryl methyl sites for hydroxylation is 1. The van der Waals surface area contributed by atoms with E-state index in [0.717, 1.165) is 17.9 Å². The van der Waals surface area contributed by atoms with Crippen molar-refractivity contribution in [3.63, 3.8) is 0 Å². The molecule has 1 aromatic rings. The second-order valence-electron chi connectivity index (χ2n) is 2.94. The van der Waals surface area contributed by atoms with Crippen LogP contribution in [0.2, 0.25) is 0 Å². The second kappa shape index (κ2) is 3.49. The Morgan fingerprint density at radius 3 is 2.73 bits per heavy atom. The topological polar surface area (TPSA) is 16.1 Å². The van der Waals surface area contributed by atoms with Crippen molar-refractivity contribution in [2.24, 2.45) is 0 Å². The van der Waals surface area contributed by atoms with E-state index >= 15 is 0 Å². The molecule has 0 saturated carbocycles. The van der Waals surface area contributed by atoms with Gasteiger partial charge in [0.05, 0.1) is 5.69 Å². The van der Waals surface area contributed by atoms with Gasteiger partial charge in [-0.15, -0.1) is 0 Å². The molecular formula is C9H13N2. The van der Waals surface area contributed by atoms with Crippen LogP contribution < -0.4 is 0 Å². The number of hydrogen-bond donors (Lipinski definition) is 0. The summed E-state index contributed by atoms with van der Waals surface area (Å²) in [5, 5.41) is 0. The number of hydrogen-bond acceptors (Lipinski definition) is 2. The maximum absolute atomic E-state index is 4.34. The third-order valence-corrected chi connectivity index (χ3v) is 1.34. The zero-order valence-corrected chi connectivity index (χ0v) is 7.26. The lowest BCUT2D eigenvalue weighted by atomic mass is 10.3. The van der Waals surface area contributed by atoms with Gasteiger partial charge in [0.1, 0.15) is 0 Å². The van der Waals surface area contributed by atoms with Crippen LogP contribution in [0.4, 0.5) is 0 Å². The van der Waals surface area contributed by atoms with E-state index in [2.05, 4.69) is 16.0 Å². The standard InChI is InChI=1S/C9H13N2/c1-8-5-4-6-9(10-8)7-11(2)3/h5-6H,7H2,1-3H3. The molecule has 0 aliphatic heterocycles. The molecular weight excluding hydrogens is 136 g/mol. The molecule has 0 spiro atoms. The molecule has 11 heavy (non-hydrogen) atoms. The quantitative estimate of drug-likeness (QED) is 0.629. The van der Waals surface area contributed by atoms with Crippen LogP contribution in [-0.4, -0.2) is 24.0 Å². The van der Waals surface area contributed by atoms with E-state index in [4.69, 9.17) is 0 Å².